The Hall–Kier alpha value is -3.22. The number of primary amides is 2. The van der Waals surface area contributed by atoms with Crippen LogP contribution in [0.25, 0.3) is 0 Å². The van der Waals surface area contributed by atoms with Crippen LogP contribution >= 0.6 is 0 Å². The molecule has 0 fully saturated rings. The summed E-state index contributed by atoms with van der Waals surface area (Å²) in [4.78, 5) is 69.1. The number of aliphatic carboxylic acids is 1. The number of nitrogens with two attached hydrogens (primary N) is 3. The fourth-order valence-electron chi connectivity index (χ4n) is 2.29. The molecule has 0 aliphatic carbocycles. The molecule has 13 nitrogen and oxygen atoms in total. The number of carbonyl (C=O) groups excluding carboxylic acids is 5. The summed E-state index contributed by atoms with van der Waals surface area (Å²) in [7, 11) is 0. The maximum Gasteiger partial charge on any atom is 0.326 e. The van der Waals surface area contributed by atoms with Crippen LogP contribution in [0, 0.1) is 5.92 Å². The molecule has 30 heavy (non-hydrogen) atoms. The summed E-state index contributed by atoms with van der Waals surface area (Å²) in [6.07, 6.45) is -0.509. The highest BCUT2D eigenvalue weighted by Crippen LogP contribution is 2.04. The molecule has 0 aromatic carbocycles. The second-order valence-corrected chi connectivity index (χ2v) is 7.02. The zero-order valence-electron chi connectivity index (χ0n) is 17.0. The number of hydrogen-bond donors (Lipinski definition) is 7. The molecule has 0 saturated carbocycles. The Kier molecular flexibility index (Phi) is 11.7. The van der Waals surface area contributed by atoms with Gasteiger partial charge in [0.2, 0.25) is 29.5 Å². The van der Waals surface area contributed by atoms with Gasteiger partial charge in [-0.2, -0.15) is 0 Å². The summed E-state index contributed by atoms with van der Waals surface area (Å²) in [6, 6.07) is -3.41. The zero-order chi connectivity index (χ0) is 23.4. The molecule has 0 bridgehead atoms. The van der Waals surface area contributed by atoms with Crippen molar-refractivity contribution in [3.05, 3.63) is 0 Å². The maximum atomic E-state index is 12.3. The van der Waals surface area contributed by atoms with Crippen molar-refractivity contribution in [2.75, 3.05) is 6.54 Å². The Labute approximate surface area is 173 Å². The minimum absolute atomic E-state index is 0.0118. The number of carbonyl (C=O) groups is 6. The second kappa shape index (κ2) is 13.1. The lowest BCUT2D eigenvalue weighted by Gasteiger charge is -2.23. The molecule has 3 atom stereocenters. The normalized spacial score (nSPS) is 13.6. The summed E-state index contributed by atoms with van der Waals surface area (Å²) in [5, 5.41) is 16.0. The highest BCUT2D eigenvalue weighted by molar-refractivity contribution is 5.93. The van der Waals surface area contributed by atoms with Crippen molar-refractivity contribution in [2.24, 2.45) is 23.1 Å². The molecule has 0 spiro atoms. The van der Waals surface area contributed by atoms with E-state index in [-0.39, 0.29) is 31.6 Å². The molecule has 0 aromatic heterocycles. The third kappa shape index (κ3) is 10.9. The Bertz CT molecular complexity index is 667. The number of carboxylic acid groups (broad SMARTS) is 1. The van der Waals surface area contributed by atoms with Crippen LogP contribution in [0.1, 0.15) is 39.5 Å². The van der Waals surface area contributed by atoms with E-state index in [9.17, 15) is 28.8 Å². The summed E-state index contributed by atoms with van der Waals surface area (Å²) in [6.45, 7) is 2.76. The van der Waals surface area contributed by atoms with Crippen LogP contribution in [0.5, 0.6) is 0 Å². The lowest BCUT2D eigenvalue weighted by molar-refractivity contribution is -0.142. The summed E-state index contributed by atoms with van der Waals surface area (Å²) < 4.78 is 0. The lowest BCUT2D eigenvalue weighted by atomic mass is 10.0. The molecule has 0 radical (unpaired) electrons. The van der Waals surface area contributed by atoms with E-state index in [2.05, 4.69) is 16.0 Å². The van der Waals surface area contributed by atoms with Gasteiger partial charge in [-0.05, 0) is 18.8 Å². The Morgan fingerprint density at radius 1 is 0.867 bits per heavy atom. The summed E-state index contributed by atoms with van der Waals surface area (Å²) >= 11 is 0. The number of hydrogen-bond acceptors (Lipinski definition) is 7. The smallest absolute Gasteiger partial charge is 0.326 e. The summed E-state index contributed by atoms with van der Waals surface area (Å²) in [5.41, 5.74) is 15.6. The predicted octanol–water partition coefficient (Wildman–Crippen LogP) is -3.33. The first-order valence-electron chi connectivity index (χ1n) is 9.27. The molecule has 0 aliphatic heterocycles. The first-order valence-corrected chi connectivity index (χ1v) is 9.27. The molecule has 0 rings (SSSR count). The largest absolute Gasteiger partial charge is 0.480 e. The van der Waals surface area contributed by atoms with Gasteiger partial charge in [0, 0.05) is 12.8 Å². The van der Waals surface area contributed by atoms with Crippen LogP contribution in [-0.4, -0.2) is 65.3 Å². The molecule has 0 heterocycles. The van der Waals surface area contributed by atoms with Crippen LogP contribution in [0.3, 0.4) is 0 Å². The Morgan fingerprint density at radius 2 is 1.40 bits per heavy atom. The van der Waals surface area contributed by atoms with E-state index in [0.717, 1.165) is 0 Å². The molecule has 170 valence electrons. The first-order chi connectivity index (χ1) is 13.8. The second-order valence-electron chi connectivity index (χ2n) is 7.02. The fraction of sp³-hybridized carbons (Fsp3) is 0.647. The van der Waals surface area contributed by atoms with Gasteiger partial charge in [-0.15, -0.1) is 0 Å². The molecule has 0 saturated heterocycles. The van der Waals surface area contributed by atoms with E-state index in [4.69, 9.17) is 22.3 Å². The summed E-state index contributed by atoms with van der Waals surface area (Å²) in [5.74, 6) is -5.18. The van der Waals surface area contributed by atoms with Gasteiger partial charge in [0.15, 0.2) is 0 Å². The molecular weight excluding hydrogens is 400 g/mol. The van der Waals surface area contributed by atoms with Gasteiger partial charge < -0.3 is 38.3 Å². The van der Waals surface area contributed by atoms with Gasteiger partial charge >= 0.3 is 5.97 Å². The Morgan fingerprint density at radius 3 is 1.87 bits per heavy atom. The van der Waals surface area contributed by atoms with Crippen molar-refractivity contribution < 1.29 is 33.9 Å². The molecule has 5 amide bonds. The van der Waals surface area contributed by atoms with E-state index in [1.54, 1.807) is 13.8 Å². The van der Waals surface area contributed by atoms with Gasteiger partial charge in [-0.25, -0.2) is 4.79 Å². The third-order valence-corrected chi connectivity index (χ3v) is 4.02. The van der Waals surface area contributed by atoms with Crippen molar-refractivity contribution >= 4 is 35.5 Å². The monoisotopic (exact) mass is 430 g/mol. The van der Waals surface area contributed by atoms with Crippen molar-refractivity contribution in [3.63, 3.8) is 0 Å². The van der Waals surface area contributed by atoms with E-state index in [0.29, 0.717) is 0 Å². The van der Waals surface area contributed by atoms with E-state index < -0.39 is 60.2 Å². The van der Waals surface area contributed by atoms with E-state index in [1.165, 1.54) is 0 Å². The molecule has 13 heteroatoms. The average molecular weight is 430 g/mol. The molecule has 3 unspecified atom stereocenters. The fourth-order valence-corrected chi connectivity index (χ4v) is 2.29. The number of carboxylic acids is 1. The van der Waals surface area contributed by atoms with Gasteiger partial charge in [0.05, 0.1) is 12.6 Å². The van der Waals surface area contributed by atoms with Crippen molar-refractivity contribution in [1.29, 1.82) is 0 Å². The van der Waals surface area contributed by atoms with E-state index in [1.807, 2.05) is 0 Å². The highest BCUT2D eigenvalue weighted by atomic mass is 16.4. The van der Waals surface area contributed by atoms with Crippen LogP contribution in [-0.2, 0) is 28.8 Å². The van der Waals surface area contributed by atoms with E-state index >= 15 is 0 Å². The van der Waals surface area contributed by atoms with Gasteiger partial charge in [-0.1, -0.05) is 13.8 Å². The zero-order valence-corrected chi connectivity index (χ0v) is 17.0. The Balaban J connectivity index is 4.74. The minimum Gasteiger partial charge on any atom is -0.480 e. The van der Waals surface area contributed by atoms with Gasteiger partial charge in [-0.3, -0.25) is 24.0 Å². The van der Waals surface area contributed by atoms with Gasteiger partial charge in [0.25, 0.3) is 0 Å². The highest BCUT2D eigenvalue weighted by Gasteiger charge is 2.27. The van der Waals surface area contributed by atoms with Gasteiger partial charge in [0.1, 0.15) is 12.1 Å². The van der Waals surface area contributed by atoms with Crippen molar-refractivity contribution in [2.45, 2.75) is 57.7 Å². The molecule has 0 aliphatic rings. The minimum atomic E-state index is -1.35. The molecule has 0 aromatic rings. The SMILES string of the molecule is CC(C)C(NC(=O)C(N)CCC(N)=O)C(=O)NCC(=O)NC(CCC(N)=O)C(=O)O. The van der Waals surface area contributed by atoms with Crippen LogP contribution < -0.4 is 33.2 Å². The van der Waals surface area contributed by atoms with Crippen molar-refractivity contribution in [1.82, 2.24) is 16.0 Å². The average Bonchev–Trinajstić information content (AvgIpc) is 2.64. The maximum absolute atomic E-state index is 12.3. The number of rotatable bonds is 14. The third-order valence-electron chi connectivity index (χ3n) is 4.02. The van der Waals surface area contributed by atoms with Crippen molar-refractivity contribution in [3.8, 4) is 0 Å². The number of amides is 5. The molecule has 10 N–H and O–H groups in total. The van der Waals surface area contributed by atoms with Crippen LogP contribution in [0.4, 0.5) is 0 Å². The quantitative estimate of drug-likeness (QED) is 0.147. The standard InChI is InChI=1S/C17H30N6O7/c1-8(2)14(23-15(27)9(18)3-5-11(19)24)16(28)21-7-13(26)22-10(17(29)30)4-6-12(20)25/h8-10,14H,3-7,18H2,1-2H3,(H2,19,24)(H2,20,25)(H,21,28)(H,22,26)(H,23,27)(H,29,30). The van der Waals surface area contributed by atoms with Crippen LogP contribution in [0.2, 0.25) is 0 Å². The number of nitrogens with one attached hydrogen (secondary N) is 3. The van der Waals surface area contributed by atoms with Crippen LogP contribution in [0.15, 0.2) is 0 Å². The molecular formula is C17H30N6O7. The topological polar surface area (TPSA) is 237 Å². The lowest BCUT2D eigenvalue weighted by Crippen LogP contribution is -2.55. The predicted molar refractivity (Wildman–Crippen MR) is 104 cm³/mol. The first kappa shape index (κ1) is 26.8.